The lowest BCUT2D eigenvalue weighted by Gasteiger charge is -2.23. The second-order valence-corrected chi connectivity index (χ2v) is 7.99. The van der Waals surface area contributed by atoms with Gasteiger partial charge in [-0.3, -0.25) is 19.1 Å². The minimum atomic E-state index is -0.656. The Morgan fingerprint density at radius 3 is 2.61 bits per heavy atom. The Morgan fingerprint density at radius 1 is 1.19 bits per heavy atom. The lowest BCUT2D eigenvalue weighted by Crippen LogP contribution is -2.41. The first-order chi connectivity index (χ1) is 14.9. The van der Waals surface area contributed by atoms with Gasteiger partial charge < -0.3 is 15.2 Å². The molecule has 9 nitrogen and oxygen atoms in total. The van der Waals surface area contributed by atoms with Gasteiger partial charge in [-0.25, -0.2) is 9.78 Å². The lowest BCUT2D eigenvalue weighted by atomic mass is 10.3. The van der Waals surface area contributed by atoms with Crippen LogP contribution in [0.25, 0.3) is 11.0 Å². The molecule has 31 heavy (non-hydrogen) atoms. The van der Waals surface area contributed by atoms with E-state index in [0.29, 0.717) is 6.54 Å². The maximum atomic E-state index is 13.0. The molecular formula is C21H28N6O3S. The molecule has 1 amide bonds. The van der Waals surface area contributed by atoms with Crippen LogP contribution in [0.2, 0.25) is 0 Å². The standard InChI is InChI=1S/C21H28N6O3S/c1-4-7-12-27-18(22)17(19(29)24-20(27)30)26(6-3)16(28)13-31-21-23-14-10-8-9-11-15(14)25(21)5-2/h8-11H,4-7,12-13,22H2,1-3H3,(H,24,29,30). The molecule has 0 radical (unpaired) electrons. The van der Waals surface area contributed by atoms with E-state index in [2.05, 4.69) is 14.5 Å². The highest BCUT2D eigenvalue weighted by Gasteiger charge is 2.23. The van der Waals surface area contributed by atoms with E-state index >= 15 is 0 Å². The average Bonchev–Trinajstić information content (AvgIpc) is 3.12. The van der Waals surface area contributed by atoms with Crippen LogP contribution in [0.15, 0.2) is 39.0 Å². The summed E-state index contributed by atoms with van der Waals surface area (Å²) >= 11 is 1.32. The number of carbonyl (C=O) groups is 1. The van der Waals surface area contributed by atoms with Gasteiger partial charge in [0.15, 0.2) is 10.8 Å². The number of aryl methyl sites for hydroxylation is 1. The smallest absolute Gasteiger partial charge is 0.330 e. The van der Waals surface area contributed by atoms with E-state index in [1.54, 1.807) is 6.92 Å². The van der Waals surface area contributed by atoms with E-state index in [4.69, 9.17) is 5.73 Å². The summed E-state index contributed by atoms with van der Waals surface area (Å²) in [5, 5.41) is 0.739. The van der Waals surface area contributed by atoms with Crippen LogP contribution in [0.4, 0.5) is 11.5 Å². The molecule has 0 bridgehead atoms. The first-order valence-corrected chi connectivity index (χ1v) is 11.4. The summed E-state index contributed by atoms with van der Waals surface area (Å²) in [7, 11) is 0. The molecular weight excluding hydrogens is 416 g/mol. The molecule has 166 valence electrons. The fraction of sp³-hybridized carbons (Fsp3) is 0.429. The summed E-state index contributed by atoms with van der Waals surface area (Å²) < 4.78 is 3.37. The highest BCUT2D eigenvalue weighted by molar-refractivity contribution is 7.99. The molecule has 2 aromatic heterocycles. The second kappa shape index (κ2) is 9.86. The van der Waals surface area contributed by atoms with Gasteiger partial charge in [-0.2, -0.15) is 0 Å². The highest BCUT2D eigenvalue weighted by Crippen LogP contribution is 2.25. The Hall–Kier alpha value is -3.01. The number of para-hydroxylation sites is 2. The van der Waals surface area contributed by atoms with Crippen LogP contribution in [-0.2, 0) is 17.9 Å². The minimum Gasteiger partial charge on any atom is -0.383 e. The van der Waals surface area contributed by atoms with Crippen molar-refractivity contribution in [2.24, 2.45) is 0 Å². The molecule has 0 atom stereocenters. The monoisotopic (exact) mass is 444 g/mol. The van der Waals surface area contributed by atoms with Crippen molar-refractivity contribution in [1.29, 1.82) is 0 Å². The normalized spacial score (nSPS) is 11.2. The third-order valence-electron chi connectivity index (χ3n) is 5.10. The number of unbranched alkanes of at least 4 members (excludes halogenated alkanes) is 1. The van der Waals surface area contributed by atoms with E-state index in [9.17, 15) is 14.4 Å². The largest absolute Gasteiger partial charge is 0.383 e. The summed E-state index contributed by atoms with van der Waals surface area (Å²) in [6.45, 7) is 7.15. The van der Waals surface area contributed by atoms with Crippen molar-refractivity contribution in [3.8, 4) is 0 Å². The molecule has 2 heterocycles. The molecule has 0 aliphatic heterocycles. The Morgan fingerprint density at radius 2 is 1.94 bits per heavy atom. The third kappa shape index (κ3) is 4.53. The fourth-order valence-electron chi connectivity index (χ4n) is 3.51. The molecule has 10 heteroatoms. The Balaban J connectivity index is 1.88. The molecule has 0 fully saturated rings. The van der Waals surface area contributed by atoms with Crippen LogP contribution >= 0.6 is 11.8 Å². The number of fused-ring (bicyclic) bond motifs is 1. The number of thioether (sulfide) groups is 1. The Kier molecular flexibility index (Phi) is 7.21. The summed E-state index contributed by atoms with van der Waals surface area (Å²) in [6, 6.07) is 7.81. The average molecular weight is 445 g/mol. The number of imidazole rings is 1. The van der Waals surface area contributed by atoms with Gasteiger partial charge in [-0.1, -0.05) is 37.2 Å². The molecule has 1 aromatic carbocycles. The number of hydrogen-bond donors (Lipinski definition) is 2. The van der Waals surface area contributed by atoms with Gasteiger partial charge in [0.1, 0.15) is 5.82 Å². The highest BCUT2D eigenvalue weighted by atomic mass is 32.2. The third-order valence-corrected chi connectivity index (χ3v) is 6.06. The number of aromatic amines is 1. The molecule has 3 rings (SSSR count). The van der Waals surface area contributed by atoms with E-state index in [0.717, 1.165) is 35.6 Å². The molecule has 0 unspecified atom stereocenters. The molecule has 3 aromatic rings. The number of H-pyrrole nitrogens is 1. The van der Waals surface area contributed by atoms with Crippen LogP contribution < -0.4 is 21.9 Å². The van der Waals surface area contributed by atoms with Gasteiger partial charge in [0, 0.05) is 19.6 Å². The van der Waals surface area contributed by atoms with Crippen LogP contribution in [0.5, 0.6) is 0 Å². The Labute approximate surface area is 184 Å². The van der Waals surface area contributed by atoms with E-state index in [1.807, 2.05) is 38.1 Å². The maximum Gasteiger partial charge on any atom is 0.330 e. The van der Waals surface area contributed by atoms with E-state index in [1.165, 1.54) is 21.2 Å². The van der Waals surface area contributed by atoms with Crippen molar-refractivity contribution in [2.45, 2.75) is 51.9 Å². The number of anilines is 2. The second-order valence-electron chi connectivity index (χ2n) is 7.05. The van der Waals surface area contributed by atoms with Gasteiger partial charge in [-0.15, -0.1) is 0 Å². The van der Waals surface area contributed by atoms with Crippen LogP contribution in [0.1, 0.15) is 33.6 Å². The summed E-state index contributed by atoms with van der Waals surface area (Å²) in [6.07, 6.45) is 1.60. The van der Waals surface area contributed by atoms with Crippen molar-refractivity contribution in [3.63, 3.8) is 0 Å². The zero-order valence-electron chi connectivity index (χ0n) is 18.1. The summed E-state index contributed by atoms with van der Waals surface area (Å²) in [4.78, 5) is 46.0. The first kappa shape index (κ1) is 22.7. The van der Waals surface area contributed by atoms with Crippen LogP contribution in [-0.4, -0.2) is 37.3 Å². The Bertz CT molecular complexity index is 1200. The number of amides is 1. The quantitative estimate of drug-likeness (QED) is 0.489. The lowest BCUT2D eigenvalue weighted by molar-refractivity contribution is -0.116. The van der Waals surface area contributed by atoms with Gasteiger partial charge in [0.25, 0.3) is 5.56 Å². The van der Waals surface area contributed by atoms with Crippen molar-refractivity contribution in [2.75, 3.05) is 22.9 Å². The van der Waals surface area contributed by atoms with Gasteiger partial charge in [0.05, 0.1) is 16.8 Å². The molecule has 0 saturated heterocycles. The molecule has 0 spiro atoms. The van der Waals surface area contributed by atoms with E-state index < -0.39 is 11.2 Å². The topological polar surface area (TPSA) is 119 Å². The van der Waals surface area contributed by atoms with Crippen LogP contribution in [0, 0.1) is 0 Å². The summed E-state index contributed by atoms with van der Waals surface area (Å²) in [5.41, 5.74) is 6.85. The van der Waals surface area contributed by atoms with Crippen molar-refractivity contribution >= 4 is 40.2 Å². The minimum absolute atomic E-state index is 0.0168. The number of nitrogen functional groups attached to an aromatic ring is 1. The number of benzene rings is 1. The van der Waals surface area contributed by atoms with Crippen molar-refractivity contribution in [3.05, 3.63) is 45.1 Å². The van der Waals surface area contributed by atoms with Gasteiger partial charge in [-0.05, 0) is 32.4 Å². The van der Waals surface area contributed by atoms with Gasteiger partial charge in [0.2, 0.25) is 5.91 Å². The number of nitrogens with one attached hydrogen (secondary N) is 1. The first-order valence-electron chi connectivity index (χ1n) is 10.4. The summed E-state index contributed by atoms with van der Waals surface area (Å²) in [5.74, 6) is -0.173. The SMILES string of the molecule is CCCCn1c(N)c(N(CC)C(=O)CSc2nc3ccccc3n2CC)c(=O)[nH]c1=O. The maximum absolute atomic E-state index is 13.0. The zero-order valence-corrected chi connectivity index (χ0v) is 18.9. The molecule has 3 N–H and O–H groups in total. The number of rotatable bonds is 9. The van der Waals surface area contributed by atoms with Crippen LogP contribution in [0.3, 0.4) is 0 Å². The number of nitrogens with two attached hydrogens (primary N) is 1. The molecule has 0 aliphatic rings. The zero-order chi connectivity index (χ0) is 22.5. The molecule has 0 saturated carbocycles. The van der Waals surface area contributed by atoms with Gasteiger partial charge >= 0.3 is 5.69 Å². The molecule has 0 aliphatic carbocycles. The number of nitrogens with zero attached hydrogens (tertiary/aromatic N) is 4. The predicted octanol–water partition coefficient (Wildman–Crippen LogP) is 2.43. The van der Waals surface area contributed by atoms with Crippen molar-refractivity contribution in [1.82, 2.24) is 19.1 Å². The number of carbonyl (C=O) groups excluding carboxylic acids is 1. The van der Waals surface area contributed by atoms with Crippen molar-refractivity contribution < 1.29 is 4.79 Å². The number of hydrogen-bond acceptors (Lipinski definition) is 6. The predicted molar refractivity (Wildman–Crippen MR) is 125 cm³/mol. The number of aromatic nitrogens is 4. The van der Waals surface area contributed by atoms with E-state index in [-0.39, 0.29) is 29.7 Å². The fourth-order valence-corrected chi connectivity index (χ4v) is 4.46.